The van der Waals surface area contributed by atoms with Gasteiger partial charge in [-0.25, -0.2) is 9.59 Å². The first-order valence-corrected chi connectivity index (χ1v) is 6.80. The molecule has 0 aromatic rings. The van der Waals surface area contributed by atoms with Crippen LogP contribution in [0.15, 0.2) is 0 Å². The number of hydrogen-bond donors (Lipinski definition) is 2. The summed E-state index contributed by atoms with van der Waals surface area (Å²) in [6.45, 7) is 7.47. The van der Waals surface area contributed by atoms with E-state index in [1.807, 2.05) is 0 Å². The Labute approximate surface area is 118 Å². The lowest BCUT2D eigenvalue weighted by molar-refractivity contribution is -0.134. The number of nitrogens with zero attached hydrogens (tertiary/aromatic N) is 1. The van der Waals surface area contributed by atoms with Crippen LogP contribution in [0.2, 0.25) is 0 Å². The fourth-order valence-electron chi connectivity index (χ4n) is 2.60. The van der Waals surface area contributed by atoms with Crippen LogP contribution in [0, 0.1) is 0 Å². The molecule has 2 fully saturated rings. The Morgan fingerprint density at radius 2 is 2.05 bits per heavy atom. The van der Waals surface area contributed by atoms with E-state index in [1.54, 1.807) is 27.7 Å². The number of amides is 4. The minimum atomic E-state index is -0.827. The van der Waals surface area contributed by atoms with Crippen LogP contribution in [0.25, 0.3) is 0 Å². The number of carbonyl (C=O) groups is 3. The maximum Gasteiger partial charge on any atom is 0.407 e. The number of ether oxygens (including phenoxy) is 1. The van der Waals surface area contributed by atoms with Gasteiger partial charge in [0.05, 0.1) is 0 Å². The van der Waals surface area contributed by atoms with Gasteiger partial charge in [-0.1, -0.05) is 0 Å². The van der Waals surface area contributed by atoms with E-state index >= 15 is 0 Å². The first kappa shape index (κ1) is 14.6. The molecule has 0 aromatic carbocycles. The van der Waals surface area contributed by atoms with Gasteiger partial charge < -0.3 is 15.4 Å². The van der Waals surface area contributed by atoms with E-state index in [0.717, 1.165) is 0 Å². The van der Waals surface area contributed by atoms with Gasteiger partial charge in [-0.05, 0) is 27.7 Å². The van der Waals surface area contributed by atoms with Gasteiger partial charge in [0, 0.05) is 25.4 Å². The molecule has 1 heterocycles. The van der Waals surface area contributed by atoms with Crippen LogP contribution in [0.5, 0.6) is 0 Å². The zero-order valence-electron chi connectivity index (χ0n) is 12.3. The summed E-state index contributed by atoms with van der Waals surface area (Å²) in [5.41, 5.74) is -1.38. The third-order valence-electron chi connectivity index (χ3n) is 3.47. The number of alkyl carbamates (subject to hydrolysis) is 1. The van der Waals surface area contributed by atoms with Gasteiger partial charge in [0.15, 0.2) is 0 Å². The number of nitrogens with one attached hydrogen (secondary N) is 2. The lowest BCUT2D eigenvalue weighted by Gasteiger charge is -2.42. The predicted octanol–water partition coefficient (Wildman–Crippen LogP) is 0.984. The molecular weight excluding hydrogens is 262 g/mol. The minimum absolute atomic E-state index is 0.147. The summed E-state index contributed by atoms with van der Waals surface area (Å²) < 4.78 is 5.15. The first-order chi connectivity index (χ1) is 9.17. The highest BCUT2D eigenvalue weighted by molar-refractivity contribution is 6.07. The second kappa shape index (κ2) is 4.64. The molecule has 1 aliphatic carbocycles. The lowest BCUT2D eigenvalue weighted by Crippen LogP contribution is -2.64. The fraction of sp³-hybridized carbons (Fsp3) is 0.769. The second-order valence-electron chi connectivity index (χ2n) is 6.31. The summed E-state index contributed by atoms with van der Waals surface area (Å²) >= 11 is 0. The fourth-order valence-corrected chi connectivity index (χ4v) is 2.60. The van der Waals surface area contributed by atoms with Crippen molar-refractivity contribution in [3.05, 3.63) is 0 Å². The summed E-state index contributed by atoms with van der Waals surface area (Å²) in [6.07, 6.45) is 0.321. The molecule has 2 N–H and O–H groups in total. The van der Waals surface area contributed by atoms with Gasteiger partial charge in [0.25, 0.3) is 5.91 Å². The van der Waals surface area contributed by atoms with Gasteiger partial charge >= 0.3 is 12.1 Å². The molecular formula is C13H21N3O4. The zero-order chi connectivity index (χ0) is 15.1. The number of urea groups is 1. The van der Waals surface area contributed by atoms with Crippen molar-refractivity contribution in [3.63, 3.8) is 0 Å². The largest absolute Gasteiger partial charge is 0.444 e. The van der Waals surface area contributed by atoms with Gasteiger partial charge in [-0.2, -0.15) is 0 Å². The average molecular weight is 283 g/mol. The highest BCUT2D eigenvalue weighted by atomic mass is 16.6. The van der Waals surface area contributed by atoms with Crippen molar-refractivity contribution in [1.29, 1.82) is 0 Å². The highest BCUT2D eigenvalue weighted by Gasteiger charge is 2.58. The molecule has 20 heavy (non-hydrogen) atoms. The monoisotopic (exact) mass is 283 g/mol. The Hall–Kier alpha value is -1.79. The second-order valence-corrected chi connectivity index (χ2v) is 6.31. The normalized spacial score (nSPS) is 29.2. The highest BCUT2D eigenvalue weighted by Crippen LogP contribution is 2.37. The van der Waals surface area contributed by atoms with Crippen molar-refractivity contribution >= 4 is 18.0 Å². The molecule has 7 heteroatoms. The maximum atomic E-state index is 12.1. The Morgan fingerprint density at radius 3 is 2.50 bits per heavy atom. The molecule has 1 saturated carbocycles. The van der Waals surface area contributed by atoms with Gasteiger partial charge in [0.2, 0.25) is 0 Å². The zero-order valence-corrected chi connectivity index (χ0v) is 12.3. The summed E-state index contributed by atoms with van der Waals surface area (Å²) in [5, 5.41) is 5.42. The summed E-state index contributed by atoms with van der Waals surface area (Å²) in [6, 6.07) is -0.501. The van der Waals surface area contributed by atoms with Crippen LogP contribution in [-0.2, 0) is 9.53 Å². The third-order valence-corrected chi connectivity index (χ3v) is 3.47. The Bertz CT molecular complexity index is 449. The minimum Gasteiger partial charge on any atom is -0.444 e. The molecule has 0 atom stereocenters. The van der Waals surface area contributed by atoms with Gasteiger partial charge in [0.1, 0.15) is 11.1 Å². The Kier molecular flexibility index (Phi) is 3.39. The van der Waals surface area contributed by atoms with Crippen molar-refractivity contribution in [3.8, 4) is 0 Å². The molecule has 1 saturated heterocycles. The van der Waals surface area contributed by atoms with Crippen molar-refractivity contribution in [1.82, 2.24) is 15.5 Å². The predicted molar refractivity (Wildman–Crippen MR) is 71.0 cm³/mol. The topological polar surface area (TPSA) is 87.7 Å². The number of carbonyl (C=O) groups excluding carboxylic acids is 3. The molecule has 7 nitrogen and oxygen atoms in total. The van der Waals surface area contributed by atoms with Crippen LogP contribution in [-0.4, -0.2) is 46.7 Å². The molecule has 2 aliphatic rings. The standard InChI is InChI=1S/C13H21N3O4/c1-5-16-9(17)13(15-10(16)18)6-8(7-13)14-11(19)20-12(2,3)4/h8H,5-7H2,1-4H3,(H,14,19)(H,15,18). The molecule has 112 valence electrons. The number of rotatable bonds is 2. The SMILES string of the molecule is CCN1C(=O)NC2(CC(NC(=O)OC(C)(C)C)C2)C1=O. The van der Waals surface area contributed by atoms with Crippen LogP contribution in [0.4, 0.5) is 9.59 Å². The van der Waals surface area contributed by atoms with Gasteiger partial charge in [-0.3, -0.25) is 9.69 Å². The number of hydrogen-bond acceptors (Lipinski definition) is 4. The average Bonchev–Trinajstić information content (AvgIpc) is 2.47. The first-order valence-electron chi connectivity index (χ1n) is 6.80. The van der Waals surface area contributed by atoms with E-state index in [0.29, 0.717) is 19.4 Å². The van der Waals surface area contributed by atoms with E-state index in [-0.39, 0.29) is 18.0 Å². The summed E-state index contributed by atoms with van der Waals surface area (Å²) in [4.78, 5) is 36.5. The summed E-state index contributed by atoms with van der Waals surface area (Å²) in [7, 11) is 0. The van der Waals surface area contributed by atoms with E-state index in [4.69, 9.17) is 4.74 Å². The van der Waals surface area contributed by atoms with E-state index in [1.165, 1.54) is 4.90 Å². The van der Waals surface area contributed by atoms with Crippen molar-refractivity contribution in [2.24, 2.45) is 0 Å². The van der Waals surface area contributed by atoms with E-state index in [2.05, 4.69) is 10.6 Å². The molecule has 2 rings (SSSR count). The molecule has 0 unspecified atom stereocenters. The molecule has 4 amide bonds. The van der Waals surface area contributed by atoms with Crippen LogP contribution >= 0.6 is 0 Å². The lowest BCUT2D eigenvalue weighted by atomic mass is 9.72. The molecule has 0 bridgehead atoms. The van der Waals surface area contributed by atoms with Crippen LogP contribution in [0.1, 0.15) is 40.5 Å². The summed E-state index contributed by atoms with van der Waals surface area (Å²) in [5.74, 6) is -0.202. The van der Waals surface area contributed by atoms with Crippen LogP contribution < -0.4 is 10.6 Å². The molecule has 0 aromatic heterocycles. The maximum absolute atomic E-state index is 12.1. The van der Waals surface area contributed by atoms with Crippen LogP contribution in [0.3, 0.4) is 0 Å². The number of imide groups is 1. The molecule has 1 aliphatic heterocycles. The Balaban J connectivity index is 1.87. The van der Waals surface area contributed by atoms with Gasteiger partial charge in [-0.15, -0.1) is 0 Å². The smallest absolute Gasteiger partial charge is 0.407 e. The number of likely N-dealkylation sites (N-methyl/N-ethyl adjacent to an activating group) is 1. The quantitative estimate of drug-likeness (QED) is 0.740. The third kappa shape index (κ3) is 2.57. The van der Waals surface area contributed by atoms with E-state index < -0.39 is 17.2 Å². The molecule has 1 spiro atoms. The molecule has 0 radical (unpaired) electrons. The Morgan fingerprint density at radius 1 is 1.45 bits per heavy atom. The van der Waals surface area contributed by atoms with E-state index in [9.17, 15) is 14.4 Å². The van der Waals surface area contributed by atoms with Crippen molar-refractivity contribution in [2.75, 3.05) is 6.54 Å². The van der Waals surface area contributed by atoms with Crippen molar-refractivity contribution in [2.45, 2.75) is 57.7 Å². The van der Waals surface area contributed by atoms with Crippen molar-refractivity contribution < 1.29 is 19.1 Å².